The van der Waals surface area contributed by atoms with Crippen molar-refractivity contribution in [2.45, 2.75) is 39.2 Å². The monoisotopic (exact) mass is 177 g/mol. The standard InChI is InChI=1S/C12H19N/c1-10(2)13-8-7-11-5-3-4-6-12(11)9-13/h5-6,10H,3-4,7-9H2,1-2H3. The van der Waals surface area contributed by atoms with Crippen molar-refractivity contribution in [3.8, 4) is 0 Å². The fourth-order valence-corrected chi connectivity index (χ4v) is 2.21. The summed E-state index contributed by atoms with van der Waals surface area (Å²) in [4.78, 5) is 2.56. The molecule has 2 rings (SSSR count). The van der Waals surface area contributed by atoms with E-state index in [4.69, 9.17) is 0 Å². The SMILES string of the molecule is CC(C)N1CCC2=CCCC=C2C1. The van der Waals surface area contributed by atoms with Gasteiger partial charge in [0.2, 0.25) is 0 Å². The molecule has 1 aliphatic carbocycles. The van der Waals surface area contributed by atoms with Crippen molar-refractivity contribution in [1.82, 2.24) is 4.90 Å². The summed E-state index contributed by atoms with van der Waals surface area (Å²) < 4.78 is 0. The first-order chi connectivity index (χ1) is 6.27. The van der Waals surface area contributed by atoms with Gasteiger partial charge in [0, 0.05) is 19.1 Å². The molecule has 0 atom stereocenters. The Kier molecular flexibility index (Phi) is 2.54. The highest BCUT2D eigenvalue weighted by Gasteiger charge is 2.20. The Morgan fingerprint density at radius 2 is 1.85 bits per heavy atom. The molecule has 1 saturated heterocycles. The van der Waals surface area contributed by atoms with E-state index in [0.717, 1.165) is 0 Å². The van der Waals surface area contributed by atoms with Gasteiger partial charge >= 0.3 is 0 Å². The topological polar surface area (TPSA) is 3.24 Å². The van der Waals surface area contributed by atoms with Crippen molar-refractivity contribution in [3.05, 3.63) is 23.3 Å². The lowest BCUT2D eigenvalue weighted by Crippen LogP contribution is -2.37. The summed E-state index contributed by atoms with van der Waals surface area (Å²) in [5.74, 6) is 0. The molecular formula is C12H19N. The molecular weight excluding hydrogens is 158 g/mol. The molecule has 1 aliphatic heterocycles. The Hall–Kier alpha value is -0.560. The second-order valence-electron chi connectivity index (χ2n) is 4.35. The summed E-state index contributed by atoms with van der Waals surface area (Å²) >= 11 is 0. The van der Waals surface area contributed by atoms with Crippen molar-refractivity contribution in [2.24, 2.45) is 0 Å². The average molecular weight is 177 g/mol. The van der Waals surface area contributed by atoms with Crippen LogP contribution in [0, 0.1) is 0 Å². The van der Waals surface area contributed by atoms with Crippen LogP contribution in [-0.4, -0.2) is 24.0 Å². The first kappa shape index (κ1) is 9.01. The van der Waals surface area contributed by atoms with Crippen LogP contribution in [-0.2, 0) is 0 Å². The minimum atomic E-state index is 0.698. The first-order valence-electron chi connectivity index (χ1n) is 5.40. The molecule has 0 spiro atoms. The maximum atomic E-state index is 2.56. The molecule has 0 unspecified atom stereocenters. The van der Waals surface area contributed by atoms with Gasteiger partial charge in [-0.05, 0) is 44.3 Å². The number of hydrogen-bond donors (Lipinski definition) is 0. The lowest BCUT2D eigenvalue weighted by molar-refractivity contribution is 0.230. The predicted octanol–water partition coefficient (Wildman–Crippen LogP) is 2.75. The van der Waals surface area contributed by atoms with E-state index < -0.39 is 0 Å². The number of likely N-dealkylation sites (tertiary alicyclic amines) is 1. The molecule has 0 bridgehead atoms. The Morgan fingerprint density at radius 3 is 2.54 bits per heavy atom. The van der Waals surface area contributed by atoms with Gasteiger partial charge in [-0.15, -0.1) is 0 Å². The summed E-state index contributed by atoms with van der Waals surface area (Å²) in [5.41, 5.74) is 3.23. The highest BCUT2D eigenvalue weighted by atomic mass is 15.1. The van der Waals surface area contributed by atoms with E-state index in [1.165, 1.54) is 32.4 Å². The lowest BCUT2D eigenvalue weighted by Gasteiger charge is -2.34. The third kappa shape index (κ3) is 1.86. The molecule has 0 aromatic rings. The summed E-state index contributed by atoms with van der Waals surface area (Å²) in [5, 5.41) is 0. The lowest BCUT2D eigenvalue weighted by atomic mass is 9.91. The van der Waals surface area contributed by atoms with Crippen LogP contribution in [0.2, 0.25) is 0 Å². The average Bonchev–Trinajstić information content (AvgIpc) is 2.17. The molecule has 0 saturated carbocycles. The van der Waals surface area contributed by atoms with Crippen molar-refractivity contribution < 1.29 is 0 Å². The number of fused-ring (bicyclic) bond motifs is 1. The third-order valence-electron chi connectivity index (χ3n) is 3.13. The summed E-state index contributed by atoms with van der Waals surface area (Å²) in [6.07, 6.45) is 8.66. The van der Waals surface area contributed by atoms with Gasteiger partial charge in [-0.2, -0.15) is 0 Å². The molecule has 0 N–H and O–H groups in total. The highest BCUT2D eigenvalue weighted by molar-refractivity contribution is 5.36. The number of piperidine rings is 1. The van der Waals surface area contributed by atoms with Crippen molar-refractivity contribution >= 4 is 0 Å². The number of allylic oxidation sites excluding steroid dienone is 2. The van der Waals surface area contributed by atoms with Gasteiger partial charge in [0.05, 0.1) is 0 Å². The van der Waals surface area contributed by atoms with Crippen LogP contribution in [0.3, 0.4) is 0 Å². The molecule has 0 aromatic heterocycles. The van der Waals surface area contributed by atoms with Crippen molar-refractivity contribution in [2.75, 3.05) is 13.1 Å². The zero-order valence-electron chi connectivity index (χ0n) is 8.71. The quantitative estimate of drug-likeness (QED) is 0.595. The second-order valence-corrected chi connectivity index (χ2v) is 4.35. The van der Waals surface area contributed by atoms with Crippen LogP contribution in [0.4, 0.5) is 0 Å². The van der Waals surface area contributed by atoms with Gasteiger partial charge in [-0.25, -0.2) is 0 Å². The molecule has 0 aromatic carbocycles. The molecule has 1 heteroatoms. The summed E-state index contributed by atoms with van der Waals surface area (Å²) in [6, 6.07) is 0.698. The minimum Gasteiger partial charge on any atom is -0.296 e. The van der Waals surface area contributed by atoms with Crippen LogP contribution in [0.15, 0.2) is 23.3 Å². The van der Waals surface area contributed by atoms with Gasteiger partial charge in [0.1, 0.15) is 0 Å². The van der Waals surface area contributed by atoms with E-state index >= 15 is 0 Å². The van der Waals surface area contributed by atoms with Crippen LogP contribution >= 0.6 is 0 Å². The fourth-order valence-electron chi connectivity index (χ4n) is 2.21. The normalized spacial score (nSPS) is 23.9. The van der Waals surface area contributed by atoms with Crippen LogP contribution in [0.25, 0.3) is 0 Å². The van der Waals surface area contributed by atoms with Crippen molar-refractivity contribution in [3.63, 3.8) is 0 Å². The number of hydrogen-bond acceptors (Lipinski definition) is 1. The van der Waals surface area contributed by atoms with Crippen molar-refractivity contribution in [1.29, 1.82) is 0 Å². The zero-order valence-corrected chi connectivity index (χ0v) is 8.71. The molecule has 72 valence electrons. The fraction of sp³-hybridized carbons (Fsp3) is 0.667. The molecule has 0 amide bonds. The van der Waals surface area contributed by atoms with Crippen LogP contribution in [0.5, 0.6) is 0 Å². The number of nitrogens with zero attached hydrogens (tertiary/aromatic N) is 1. The molecule has 1 heterocycles. The van der Waals surface area contributed by atoms with Gasteiger partial charge in [0.15, 0.2) is 0 Å². The van der Waals surface area contributed by atoms with Gasteiger partial charge < -0.3 is 0 Å². The van der Waals surface area contributed by atoms with Crippen LogP contribution in [0.1, 0.15) is 33.1 Å². The Labute approximate surface area is 81.1 Å². The molecule has 0 radical (unpaired) electrons. The summed E-state index contributed by atoms with van der Waals surface area (Å²) in [6.45, 7) is 7.01. The molecule has 1 fully saturated rings. The summed E-state index contributed by atoms with van der Waals surface area (Å²) in [7, 11) is 0. The van der Waals surface area contributed by atoms with E-state index in [1.807, 2.05) is 0 Å². The maximum absolute atomic E-state index is 2.56. The van der Waals surface area contributed by atoms with Gasteiger partial charge in [-0.3, -0.25) is 4.90 Å². The third-order valence-corrected chi connectivity index (χ3v) is 3.13. The Balaban J connectivity index is 2.08. The van der Waals surface area contributed by atoms with E-state index in [9.17, 15) is 0 Å². The smallest absolute Gasteiger partial charge is 0.0236 e. The number of rotatable bonds is 1. The minimum absolute atomic E-state index is 0.698. The highest BCUT2D eigenvalue weighted by Crippen LogP contribution is 2.27. The Bertz CT molecular complexity index is 248. The van der Waals surface area contributed by atoms with Gasteiger partial charge in [0.25, 0.3) is 0 Å². The van der Waals surface area contributed by atoms with E-state index in [2.05, 4.69) is 30.9 Å². The molecule has 13 heavy (non-hydrogen) atoms. The maximum Gasteiger partial charge on any atom is 0.0236 e. The molecule has 1 nitrogen and oxygen atoms in total. The molecule has 2 aliphatic rings. The predicted molar refractivity (Wildman–Crippen MR) is 56.7 cm³/mol. The van der Waals surface area contributed by atoms with E-state index in [-0.39, 0.29) is 0 Å². The Morgan fingerprint density at radius 1 is 1.15 bits per heavy atom. The van der Waals surface area contributed by atoms with Gasteiger partial charge in [-0.1, -0.05) is 12.2 Å². The van der Waals surface area contributed by atoms with Crippen LogP contribution < -0.4 is 0 Å². The second kappa shape index (κ2) is 3.67. The van der Waals surface area contributed by atoms with E-state index in [1.54, 1.807) is 11.1 Å². The largest absolute Gasteiger partial charge is 0.296 e. The first-order valence-corrected chi connectivity index (χ1v) is 5.40. The zero-order chi connectivity index (χ0) is 9.26. The van der Waals surface area contributed by atoms with E-state index in [0.29, 0.717) is 6.04 Å².